The third-order valence-electron chi connectivity index (χ3n) is 1.98. The Hall–Kier alpha value is -1.50. The van der Waals surface area contributed by atoms with Crippen LogP contribution in [0.4, 0.5) is 0 Å². The molecule has 1 aromatic carbocycles. The first-order valence-corrected chi connectivity index (χ1v) is 4.79. The largest absolute Gasteiger partial charge is 0.345 e. The molecular formula is C10H4Cl2N2O. The smallest absolute Gasteiger partial charge is 0.190 e. The first-order chi connectivity index (χ1) is 7.11. The van der Waals surface area contributed by atoms with Gasteiger partial charge in [0.25, 0.3) is 0 Å². The Kier molecular flexibility index (Phi) is 2.39. The van der Waals surface area contributed by atoms with Crippen LogP contribution in [-0.2, 0) is 0 Å². The van der Waals surface area contributed by atoms with E-state index in [0.29, 0.717) is 20.9 Å². The van der Waals surface area contributed by atoms with Gasteiger partial charge < -0.3 is 4.98 Å². The number of aromatic nitrogens is 1. The molecule has 0 aliphatic heterocycles. The van der Waals surface area contributed by atoms with Crippen molar-refractivity contribution >= 4 is 34.1 Å². The highest BCUT2D eigenvalue weighted by molar-refractivity contribution is 6.38. The van der Waals surface area contributed by atoms with Gasteiger partial charge in [-0.15, -0.1) is 0 Å². The molecule has 0 spiro atoms. The fraction of sp³-hybridized carbons (Fsp3) is 0. The van der Waals surface area contributed by atoms with Crippen LogP contribution in [0.3, 0.4) is 0 Å². The predicted octanol–water partition coefficient (Wildman–Crippen LogP) is 2.71. The zero-order chi connectivity index (χ0) is 11.0. The summed E-state index contributed by atoms with van der Waals surface area (Å²) in [5, 5.41) is 9.78. The van der Waals surface area contributed by atoms with Gasteiger partial charge in [0.2, 0.25) is 0 Å². The van der Waals surface area contributed by atoms with Crippen LogP contribution in [0.25, 0.3) is 10.9 Å². The van der Waals surface area contributed by atoms with Crippen molar-refractivity contribution in [3.63, 3.8) is 0 Å². The molecule has 3 nitrogen and oxygen atoms in total. The molecule has 0 aliphatic carbocycles. The van der Waals surface area contributed by atoms with Gasteiger partial charge >= 0.3 is 0 Å². The van der Waals surface area contributed by atoms with Gasteiger partial charge in [-0.05, 0) is 12.1 Å². The molecule has 2 aromatic rings. The van der Waals surface area contributed by atoms with Crippen molar-refractivity contribution in [3.05, 3.63) is 44.2 Å². The number of nitriles is 1. The topological polar surface area (TPSA) is 56.6 Å². The molecule has 0 aliphatic rings. The van der Waals surface area contributed by atoms with Gasteiger partial charge in [0.15, 0.2) is 5.43 Å². The van der Waals surface area contributed by atoms with E-state index < -0.39 is 0 Å². The van der Waals surface area contributed by atoms with E-state index in [2.05, 4.69) is 4.98 Å². The summed E-state index contributed by atoms with van der Waals surface area (Å²) in [6.07, 6.45) is 0. The van der Waals surface area contributed by atoms with Crippen LogP contribution in [0.5, 0.6) is 0 Å². The zero-order valence-electron chi connectivity index (χ0n) is 7.34. The minimum atomic E-state index is -0.273. The van der Waals surface area contributed by atoms with Gasteiger partial charge in [-0.1, -0.05) is 23.2 Å². The van der Waals surface area contributed by atoms with Crippen molar-refractivity contribution in [1.82, 2.24) is 4.98 Å². The summed E-state index contributed by atoms with van der Waals surface area (Å²) in [4.78, 5) is 14.3. The molecule has 0 amide bonds. The Labute approximate surface area is 94.9 Å². The van der Waals surface area contributed by atoms with E-state index in [4.69, 9.17) is 28.5 Å². The van der Waals surface area contributed by atoms with E-state index in [1.54, 1.807) is 0 Å². The van der Waals surface area contributed by atoms with Crippen molar-refractivity contribution < 1.29 is 0 Å². The number of aromatic amines is 1. The van der Waals surface area contributed by atoms with Crippen molar-refractivity contribution in [2.75, 3.05) is 0 Å². The molecule has 74 valence electrons. The first kappa shape index (κ1) is 10.0. The molecule has 0 fully saturated rings. The van der Waals surface area contributed by atoms with E-state index >= 15 is 0 Å². The highest BCUT2D eigenvalue weighted by atomic mass is 35.5. The molecular weight excluding hydrogens is 235 g/mol. The normalized spacial score (nSPS) is 10.2. The Balaban J connectivity index is 3.00. The van der Waals surface area contributed by atoms with Crippen LogP contribution in [-0.4, -0.2) is 4.98 Å². The standard InChI is InChI=1S/C10H4Cl2N2O/c11-5-1-7-9(15)3-6(4-13)14-10(7)8(12)2-5/h1-3H,(H,14,15). The second-order valence-corrected chi connectivity index (χ2v) is 3.81. The first-order valence-electron chi connectivity index (χ1n) is 4.04. The Morgan fingerprint density at radius 3 is 2.67 bits per heavy atom. The van der Waals surface area contributed by atoms with Gasteiger partial charge in [-0.25, -0.2) is 0 Å². The molecule has 0 saturated carbocycles. The highest BCUT2D eigenvalue weighted by Gasteiger charge is 2.06. The molecule has 15 heavy (non-hydrogen) atoms. The van der Waals surface area contributed by atoms with Crippen molar-refractivity contribution in [2.24, 2.45) is 0 Å². The number of halogens is 2. The number of fused-ring (bicyclic) bond motifs is 1. The maximum Gasteiger partial charge on any atom is 0.190 e. The summed E-state index contributed by atoms with van der Waals surface area (Å²) < 4.78 is 0. The minimum absolute atomic E-state index is 0.178. The van der Waals surface area contributed by atoms with E-state index in [0.717, 1.165) is 0 Å². The Bertz CT molecular complexity index is 640. The molecule has 1 N–H and O–H groups in total. The fourth-order valence-electron chi connectivity index (χ4n) is 1.33. The van der Waals surface area contributed by atoms with E-state index in [-0.39, 0.29) is 11.1 Å². The number of rotatable bonds is 0. The van der Waals surface area contributed by atoms with Gasteiger partial charge in [-0.3, -0.25) is 4.79 Å². The molecule has 0 bridgehead atoms. The Morgan fingerprint density at radius 2 is 2.00 bits per heavy atom. The van der Waals surface area contributed by atoms with Crippen LogP contribution in [0.15, 0.2) is 23.0 Å². The van der Waals surface area contributed by atoms with E-state index in [9.17, 15) is 4.79 Å². The van der Waals surface area contributed by atoms with Crippen LogP contribution in [0.1, 0.15) is 5.69 Å². The monoisotopic (exact) mass is 238 g/mol. The molecule has 0 unspecified atom stereocenters. The summed E-state index contributed by atoms with van der Waals surface area (Å²) in [6, 6.07) is 6.10. The molecule has 0 atom stereocenters. The summed E-state index contributed by atoms with van der Waals surface area (Å²) in [6.45, 7) is 0. The number of hydrogen-bond donors (Lipinski definition) is 1. The average Bonchev–Trinajstić information content (AvgIpc) is 2.19. The molecule has 5 heteroatoms. The number of nitrogens with one attached hydrogen (secondary N) is 1. The molecule has 2 rings (SSSR count). The third-order valence-corrected chi connectivity index (χ3v) is 2.49. The highest BCUT2D eigenvalue weighted by Crippen LogP contribution is 2.24. The maximum atomic E-state index is 11.6. The van der Waals surface area contributed by atoms with Crippen molar-refractivity contribution in [1.29, 1.82) is 5.26 Å². The van der Waals surface area contributed by atoms with Gasteiger partial charge in [0.1, 0.15) is 11.8 Å². The van der Waals surface area contributed by atoms with Crippen LogP contribution in [0.2, 0.25) is 10.0 Å². The van der Waals surface area contributed by atoms with Gasteiger partial charge in [0, 0.05) is 16.5 Å². The molecule has 1 aromatic heterocycles. The number of benzene rings is 1. The lowest BCUT2D eigenvalue weighted by Crippen LogP contribution is -2.03. The Morgan fingerprint density at radius 1 is 1.27 bits per heavy atom. The lowest BCUT2D eigenvalue weighted by atomic mass is 10.2. The summed E-state index contributed by atoms with van der Waals surface area (Å²) >= 11 is 11.7. The summed E-state index contributed by atoms with van der Waals surface area (Å²) in [5.74, 6) is 0. The van der Waals surface area contributed by atoms with Crippen LogP contribution < -0.4 is 5.43 Å². The van der Waals surface area contributed by atoms with Gasteiger partial charge in [-0.2, -0.15) is 5.26 Å². The summed E-state index contributed by atoms with van der Waals surface area (Å²) in [7, 11) is 0. The van der Waals surface area contributed by atoms with Crippen LogP contribution >= 0.6 is 23.2 Å². The third kappa shape index (κ3) is 1.70. The molecule has 1 heterocycles. The SMILES string of the molecule is N#Cc1cc(=O)c2cc(Cl)cc(Cl)c2[nH]1. The summed E-state index contributed by atoms with van der Waals surface area (Å²) in [5.41, 5.74) is 0.339. The predicted molar refractivity (Wildman–Crippen MR) is 59.3 cm³/mol. The van der Waals surface area contributed by atoms with E-state index in [1.165, 1.54) is 18.2 Å². The quantitative estimate of drug-likeness (QED) is 0.768. The molecule has 0 radical (unpaired) electrons. The minimum Gasteiger partial charge on any atom is -0.345 e. The average molecular weight is 239 g/mol. The second kappa shape index (κ2) is 3.58. The van der Waals surface area contributed by atoms with Crippen molar-refractivity contribution in [3.8, 4) is 6.07 Å². The number of nitrogens with zero attached hydrogens (tertiary/aromatic N) is 1. The van der Waals surface area contributed by atoms with Crippen molar-refractivity contribution in [2.45, 2.75) is 0 Å². The number of H-pyrrole nitrogens is 1. The zero-order valence-corrected chi connectivity index (χ0v) is 8.86. The van der Waals surface area contributed by atoms with Gasteiger partial charge in [0.05, 0.1) is 10.5 Å². The van der Waals surface area contributed by atoms with E-state index in [1.807, 2.05) is 6.07 Å². The number of pyridine rings is 1. The maximum absolute atomic E-state index is 11.6. The number of hydrogen-bond acceptors (Lipinski definition) is 2. The van der Waals surface area contributed by atoms with Crippen LogP contribution in [0, 0.1) is 11.3 Å². The fourth-order valence-corrected chi connectivity index (χ4v) is 1.88. The second-order valence-electron chi connectivity index (χ2n) is 2.97. The lowest BCUT2D eigenvalue weighted by molar-refractivity contribution is 1.31. The lowest BCUT2D eigenvalue weighted by Gasteiger charge is -2.01. The molecule has 0 saturated heterocycles.